The van der Waals surface area contributed by atoms with Gasteiger partial charge in [0.1, 0.15) is 0 Å². The van der Waals surface area contributed by atoms with Gasteiger partial charge in [-0.3, -0.25) is 0 Å². The quantitative estimate of drug-likeness (QED) is 0.666. The van der Waals surface area contributed by atoms with Gasteiger partial charge < -0.3 is 9.84 Å². The standard InChI is InChI=1S/C17H18O3/c1-2-8-16(18)20-17(19)15-12-7-6-11-14(15)13-9-4-3-5-10-13/h3-7,9-12,16,18H,2,8H2,1H3. The lowest BCUT2D eigenvalue weighted by molar-refractivity contribution is -0.0684. The highest BCUT2D eigenvalue weighted by Gasteiger charge is 2.16. The number of carbonyl (C=O) groups excluding carboxylic acids is 1. The van der Waals surface area contributed by atoms with Crippen LogP contribution in [0.25, 0.3) is 11.1 Å². The highest BCUT2D eigenvalue weighted by atomic mass is 16.6. The molecule has 0 aliphatic carbocycles. The molecular weight excluding hydrogens is 252 g/mol. The minimum absolute atomic E-state index is 0.444. The first kappa shape index (κ1) is 14.3. The van der Waals surface area contributed by atoms with E-state index in [1.54, 1.807) is 12.1 Å². The molecule has 104 valence electrons. The lowest BCUT2D eigenvalue weighted by atomic mass is 10.00. The monoisotopic (exact) mass is 270 g/mol. The van der Waals surface area contributed by atoms with Crippen molar-refractivity contribution in [3.8, 4) is 11.1 Å². The van der Waals surface area contributed by atoms with Crippen molar-refractivity contribution in [3.05, 3.63) is 60.2 Å². The van der Waals surface area contributed by atoms with Crippen molar-refractivity contribution in [2.45, 2.75) is 26.1 Å². The number of benzene rings is 2. The predicted molar refractivity (Wildman–Crippen MR) is 78.2 cm³/mol. The van der Waals surface area contributed by atoms with Gasteiger partial charge in [0, 0.05) is 6.42 Å². The van der Waals surface area contributed by atoms with Crippen LogP contribution in [0.15, 0.2) is 54.6 Å². The largest absolute Gasteiger partial charge is 0.432 e. The van der Waals surface area contributed by atoms with Gasteiger partial charge in [0.15, 0.2) is 0 Å². The summed E-state index contributed by atoms with van der Waals surface area (Å²) in [5.74, 6) is -0.495. The van der Waals surface area contributed by atoms with Crippen molar-refractivity contribution in [1.29, 1.82) is 0 Å². The molecule has 0 bridgehead atoms. The fraction of sp³-hybridized carbons (Fsp3) is 0.235. The summed E-state index contributed by atoms with van der Waals surface area (Å²) in [5.41, 5.74) is 2.22. The Labute approximate surface area is 118 Å². The minimum atomic E-state index is -1.05. The zero-order valence-electron chi connectivity index (χ0n) is 11.5. The van der Waals surface area contributed by atoms with E-state index in [4.69, 9.17) is 4.74 Å². The van der Waals surface area contributed by atoms with Crippen LogP contribution in [0, 0.1) is 0 Å². The molecule has 3 nitrogen and oxygen atoms in total. The van der Waals surface area contributed by atoms with Gasteiger partial charge >= 0.3 is 5.97 Å². The summed E-state index contributed by atoms with van der Waals surface area (Å²) < 4.78 is 5.06. The molecule has 1 N–H and O–H groups in total. The van der Waals surface area contributed by atoms with Gasteiger partial charge in [-0.25, -0.2) is 4.79 Å². The fourth-order valence-corrected chi connectivity index (χ4v) is 2.02. The summed E-state index contributed by atoms with van der Waals surface area (Å²) >= 11 is 0. The van der Waals surface area contributed by atoms with Gasteiger partial charge in [-0.05, 0) is 17.2 Å². The number of aliphatic hydroxyl groups is 1. The maximum Gasteiger partial charge on any atom is 0.341 e. The highest BCUT2D eigenvalue weighted by molar-refractivity contribution is 5.97. The first-order valence-corrected chi connectivity index (χ1v) is 6.76. The Kier molecular flexibility index (Phi) is 4.91. The number of aliphatic hydroxyl groups excluding tert-OH is 1. The number of ether oxygens (including phenoxy) is 1. The maximum absolute atomic E-state index is 12.1. The van der Waals surface area contributed by atoms with Crippen LogP contribution in [0.4, 0.5) is 0 Å². The van der Waals surface area contributed by atoms with Gasteiger partial charge in [0.05, 0.1) is 5.56 Å². The third kappa shape index (κ3) is 3.45. The third-order valence-corrected chi connectivity index (χ3v) is 3.01. The van der Waals surface area contributed by atoms with E-state index in [2.05, 4.69) is 0 Å². The summed E-state index contributed by atoms with van der Waals surface area (Å²) in [6.07, 6.45) is 0.157. The van der Waals surface area contributed by atoms with Crippen LogP contribution in [-0.2, 0) is 4.74 Å². The molecule has 1 unspecified atom stereocenters. The Bertz CT molecular complexity index is 563. The zero-order valence-corrected chi connectivity index (χ0v) is 11.5. The van der Waals surface area contributed by atoms with Crippen molar-refractivity contribution in [2.75, 3.05) is 0 Å². The van der Waals surface area contributed by atoms with E-state index in [0.717, 1.165) is 17.5 Å². The van der Waals surface area contributed by atoms with E-state index >= 15 is 0 Å². The van der Waals surface area contributed by atoms with Crippen LogP contribution in [0.1, 0.15) is 30.1 Å². The predicted octanol–water partition coefficient (Wildman–Crippen LogP) is 3.63. The lowest BCUT2D eigenvalue weighted by Crippen LogP contribution is -2.18. The molecule has 0 saturated heterocycles. The van der Waals surface area contributed by atoms with Crippen LogP contribution in [0.2, 0.25) is 0 Å². The number of hydrogen-bond acceptors (Lipinski definition) is 3. The Morgan fingerprint density at radius 1 is 1.10 bits per heavy atom. The summed E-state index contributed by atoms with van der Waals surface area (Å²) in [5, 5.41) is 9.60. The lowest BCUT2D eigenvalue weighted by Gasteiger charge is -2.13. The molecule has 0 spiro atoms. The fourth-order valence-electron chi connectivity index (χ4n) is 2.02. The van der Waals surface area contributed by atoms with E-state index in [1.165, 1.54) is 0 Å². The van der Waals surface area contributed by atoms with Crippen LogP contribution in [-0.4, -0.2) is 17.4 Å². The second-order valence-electron chi connectivity index (χ2n) is 4.56. The van der Waals surface area contributed by atoms with Gasteiger partial charge in [-0.15, -0.1) is 0 Å². The smallest absolute Gasteiger partial charge is 0.341 e. The van der Waals surface area contributed by atoms with E-state index in [9.17, 15) is 9.90 Å². The van der Waals surface area contributed by atoms with Crippen molar-refractivity contribution < 1.29 is 14.6 Å². The van der Waals surface area contributed by atoms with Crippen molar-refractivity contribution in [1.82, 2.24) is 0 Å². The molecule has 0 aliphatic rings. The van der Waals surface area contributed by atoms with E-state index in [0.29, 0.717) is 12.0 Å². The molecule has 0 aliphatic heterocycles. The Balaban J connectivity index is 2.26. The number of hydrogen-bond donors (Lipinski definition) is 1. The van der Waals surface area contributed by atoms with Gasteiger partial charge in [-0.1, -0.05) is 61.9 Å². The van der Waals surface area contributed by atoms with Gasteiger partial charge in [-0.2, -0.15) is 0 Å². The van der Waals surface area contributed by atoms with Gasteiger partial charge in [0.2, 0.25) is 6.29 Å². The van der Waals surface area contributed by atoms with Crippen molar-refractivity contribution >= 4 is 5.97 Å². The van der Waals surface area contributed by atoms with Crippen LogP contribution >= 0.6 is 0 Å². The molecule has 0 aromatic heterocycles. The molecule has 0 amide bonds. The Morgan fingerprint density at radius 3 is 2.45 bits per heavy atom. The first-order valence-electron chi connectivity index (χ1n) is 6.76. The first-order chi connectivity index (χ1) is 9.72. The second kappa shape index (κ2) is 6.87. The molecule has 2 aromatic carbocycles. The number of esters is 1. The maximum atomic E-state index is 12.1. The molecule has 20 heavy (non-hydrogen) atoms. The number of rotatable bonds is 5. The molecule has 1 atom stereocenters. The van der Waals surface area contributed by atoms with Crippen LogP contribution < -0.4 is 0 Å². The molecule has 2 rings (SSSR count). The molecule has 2 aromatic rings. The van der Waals surface area contributed by atoms with Crippen LogP contribution in [0.5, 0.6) is 0 Å². The summed E-state index contributed by atoms with van der Waals surface area (Å²) in [4.78, 5) is 12.1. The topological polar surface area (TPSA) is 46.5 Å². The molecule has 3 heteroatoms. The van der Waals surface area contributed by atoms with E-state index < -0.39 is 12.3 Å². The minimum Gasteiger partial charge on any atom is -0.432 e. The van der Waals surface area contributed by atoms with E-state index in [-0.39, 0.29) is 0 Å². The Morgan fingerprint density at radius 2 is 1.75 bits per heavy atom. The average Bonchev–Trinajstić information content (AvgIpc) is 2.48. The third-order valence-electron chi connectivity index (χ3n) is 3.01. The molecule has 0 saturated carbocycles. The summed E-state index contributed by atoms with van der Waals surface area (Å²) in [6, 6.07) is 16.9. The Hall–Kier alpha value is -2.13. The molecule has 0 fully saturated rings. The normalized spacial score (nSPS) is 11.9. The SMILES string of the molecule is CCCC(O)OC(=O)c1ccccc1-c1ccccc1. The van der Waals surface area contributed by atoms with E-state index in [1.807, 2.05) is 49.4 Å². The summed E-state index contributed by atoms with van der Waals surface area (Å²) in [7, 11) is 0. The molecule has 0 heterocycles. The second-order valence-corrected chi connectivity index (χ2v) is 4.56. The van der Waals surface area contributed by atoms with Crippen molar-refractivity contribution in [2.24, 2.45) is 0 Å². The molecule has 0 radical (unpaired) electrons. The zero-order chi connectivity index (χ0) is 14.4. The van der Waals surface area contributed by atoms with Crippen LogP contribution in [0.3, 0.4) is 0 Å². The van der Waals surface area contributed by atoms with Gasteiger partial charge in [0.25, 0.3) is 0 Å². The highest BCUT2D eigenvalue weighted by Crippen LogP contribution is 2.24. The summed E-state index contributed by atoms with van der Waals surface area (Å²) in [6.45, 7) is 1.93. The average molecular weight is 270 g/mol. The number of carbonyl (C=O) groups is 1. The van der Waals surface area contributed by atoms with Crippen molar-refractivity contribution in [3.63, 3.8) is 0 Å². The molecular formula is C17H18O3.